The summed E-state index contributed by atoms with van der Waals surface area (Å²) in [4.78, 5) is 23.8. The molecule has 0 spiro atoms. The van der Waals surface area contributed by atoms with Crippen molar-refractivity contribution in [2.24, 2.45) is 16.8 Å². The summed E-state index contributed by atoms with van der Waals surface area (Å²) in [6.45, 7) is 3.51. The number of amides is 1. The van der Waals surface area contributed by atoms with Gasteiger partial charge in [0.15, 0.2) is 0 Å². The fourth-order valence-electron chi connectivity index (χ4n) is 5.12. The average molecular weight is 414 g/mol. The number of pyridine rings is 1. The zero-order chi connectivity index (χ0) is 21.3. The lowest BCUT2D eigenvalue weighted by atomic mass is 9.81. The monoisotopic (exact) mass is 413 g/mol. The van der Waals surface area contributed by atoms with E-state index in [1.165, 1.54) is 5.56 Å². The molecule has 1 aliphatic carbocycles. The number of carbonyl (C=O) groups is 1. The van der Waals surface area contributed by atoms with Crippen LogP contribution in [0.3, 0.4) is 0 Å². The second-order valence-electron chi connectivity index (χ2n) is 8.94. The summed E-state index contributed by atoms with van der Waals surface area (Å²) in [5, 5.41) is 1.10. The van der Waals surface area contributed by atoms with Crippen LogP contribution in [0.25, 0.3) is 10.9 Å². The molecule has 0 radical (unpaired) electrons. The highest BCUT2D eigenvalue weighted by molar-refractivity contribution is 5.99. The average Bonchev–Trinajstić information content (AvgIpc) is 2.73. The molecule has 0 N–H and O–H groups in total. The maximum absolute atomic E-state index is 13.5. The number of aliphatic imine (C=N–C) groups is 1. The normalized spacial score (nSPS) is 25.1. The van der Waals surface area contributed by atoms with Gasteiger partial charge in [-0.3, -0.25) is 14.8 Å². The third kappa shape index (κ3) is 4.23. The van der Waals surface area contributed by atoms with Gasteiger partial charge in [0.2, 0.25) is 11.8 Å². The summed E-state index contributed by atoms with van der Waals surface area (Å²) in [6.07, 6.45) is 4.84. The van der Waals surface area contributed by atoms with Gasteiger partial charge in [0, 0.05) is 68.2 Å². The number of hydrogen-bond donors (Lipinski definition) is 0. The molecule has 0 bridgehead atoms. The van der Waals surface area contributed by atoms with Gasteiger partial charge in [0.1, 0.15) is 0 Å². The summed E-state index contributed by atoms with van der Waals surface area (Å²) in [5.41, 5.74) is 3.11. The van der Waals surface area contributed by atoms with E-state index in [4.69, 9.17) is 0 Å². The predicted octanol–water partition coefficient (Wildman–Crippen LogP) is 5.06. The number of fused-ring (bicyclic) bond motifs is 1. The molecule has 1 amide bonds. The Labute approximate surface area is 176 Å². The Morgan fingerprint density at radius 2 is 2.00 bits per heavy atom. The largest absolute Gasteiger partial charge is 0.342 e. The molecule has 1 saturated carbocycles. The quantitative estimate of drug-likeness (QED) is 0.660. The fraction of sp³-hybridized carbons (Fsp3) is 0.542. The van der Waals surface area contributed by atoms with E-state index in [0.29, 0.717) is 31.8 Å². The predicted molar refractivity (Wildman–Crippen MR) is 115 cm³/mol. The van der Waals surface area contributed by atoms with E-state index in [2.05, 4.69) is 29.0 Å². The topological polar surface area (TPSA) is 45.6 Å². The first-order valence-corrected chi connectivity index (χ1v) is 10.8. The van der Waals surface area contributed by atoms with Crippen LogP contribution in [0.4, 0.5) is 8.78 Å². The standard InChI is InChI=1S/C24H29F2N3O/c1-16-12-19(15-29(14-16)23(30)17-7-9-24(25,26)10-8-17)20-6-5-18(13-27-2)22-21(20)4-3-11-28-22/h3-6,11,13,16-17,19H,7-10,12,14-15H2,1-2H3/b27-13-/t16-,19+/m1/s1. The number of nitrogens with zero attached hydrogens (tertiary/aromatic N) is 3. The third-order valence-electron chi connectivity index (χ3n) is 6.58. The van der Waals surface area contributed by atoms with Crippen LogP contribution in [0.1, 0.15) is 56.1 Å². The Morgan fingerprint density at radius 3 is 2.73 bits per heavy atom. The van der Waals surface area contributed by atoms with Gasteiger partial charge >= 0.3 is 0 Å². The molecule has 1 saturated heterocycles. The van der Waals surface area contributed by atoms with Gasteiger partial charge in [0.05, 0.1) is 5.52 Å². The number of benzene rings is 1. The Kier molecular flexibility index (Phi) is 5.85. The van der Waals surface area contributed by atoms with Crippen LogP contribution in [0.2, 0.25) is 0 Å². The number of carbonyl (C=O) groups excluding carboxylic acids is 1. The van der Waals surface area contributed by atoms with Gasteiger partial charge in [-0.1, -0.05) is 25.1 Å². The lowest BCUT2D eigenvalue weighted by Gasteiger charge is -2.40. The minimum absolute atomic E-state index is 0.0548. The summed E-state index contributed by atoms with van der Waals surface area (Å²) >= 11 is 0. The highest BCUT2D eigenvalue weighted by Gasteiger charge is 2.40. The van der Waals surface area contributed by atoms with Gasteiger partial charge in [-0.2, -0.15) is 0 Å². The molecule has 160 valence electrons. The first-order valence-electron chi connectivity index (χ1n) is 10.8. The summed E-state index contributed by atoms with van der Waals surface area (Å²) in [5.74, 6) is -2.25. The molecule has 2 heterocycles. The molecule has 1 aliphatic heterocycles. The van der Waals surface area contributed by atoms with Crippen molar-refractivity contribution in [1.29, 1.82) is 0 Å². The van der Waals surface area contributed by atoms with Crippen molar-refractivity contribution >= 4 is 23.0 Å². The maximum Gasteiger partial charge on any atom is 0.248 e. The number of halogens is 2. The molecule has 2 aromatic rings. The molecule has 30 heavy (non-hydrogen) atoms. The minimum atomic E-state index is -2.61. The smallest absolute Gasteiger partial charge is 0.248 e. The number of piperidine rings is 1. The van der Waals surface area contributed by atoms with Gasteiger partial charge < -0.3 is 4.90 Å². The molecule has 4 rings (SSSR count). The van der Waals surface area contributed by atoms with E-state index in [1.807, 2.05) is 23.2 Å². The second-order valence-corrected chi connectivity index (χ2v) is 8.94. The van der Waals surface area contributed by atoms with Crippen molar-refractivity contribution in [2.75, 3.05) is 20.1 Å². The van der Waals surface area contributed by atoms with Gasteiger partial charge in [-0.15, -0.1) is 0 Å². The van der Waals surface area contributed by atoms with Crippen LogP contribution in [-0.4, -0.2) is 48.1 Å². The Balaban J connectivity index is 1.58. The van der Waals surface area contributed by atoms with E-state index in [0.717, 1.165) is 22.9 Å². The number of hydrogen-bond acceptors (Lipinski definition) is 3. The minimum Gasteiger partial charge on any atom is -0.342 e. The van der Waals surface area contributed by atoms with Crippen LogP contribution in [-0.2, 0) is 4.79 Å². The van der Waals surface area contributed by atoms with Gasteiger partial charge in [0.25, 0.3) is 0 Å². The molecule has 4 nitrogen and oxygen atoms in total. The van der Waals surface area contributed by atoms with Crippen molar-refractivity contribution in [3.63, 3.8) is 0 Å². The molecule has 2 atom stereocenters. The zero-order valence-electron chi connectivity index (χ0n) is 17.7. The van der Waals surface area contributed by atoms with Gasteiger partial charge in [-0.25, -0.2) is 8.78 Å². The maximum atomic E-state index is 13.5. The van der Waals surface area contributed by atoms with Crippen molar-refractivity contribution in [3.8, 4) is 0 Å². The number of likely N-dealkylation sites (tertiary alicyclic amines) is 1. The summed E-state index contributed by atoms with van der Waals surface area (Å²) in [6, 6.07) is 8.20. The molecule has 1 aromatic heterocycles. The highest BCUT2D eigenvalue weighted by Crippen LogP contribution is 2.39. The van der Waals surface area contributed by atoms with E-state index < -0.39 is 5.92 Å². The molecule has 6 heteroatoms. The number of alkyl halides is 2. The van der Waals surface area contributed by atoms with Crippen LogP contribution in [0.15, 0.2) is 35.5 Å². The zero-order valence-corrected chi connectivity index (χ0v) is 17.7. The number of aromatic nitrogens is 1. The van der Waals surface area contributed by atoms with Crippen molar-refractivity contribution < 1.29 is 13.6 Å². The molecule has 1 aromatic carbocycles. The molecule has 0 unspecified atom stereocenters. The summed E-state index contributed by atoms with van der Waals surface area (Å²) in [7, 11) is 1.75. The SMILES string of the molecule is C/N=C\c1ccc([C@H]2C[C@@H](C)CN(C(=O)C3CCC(F)(F)CC3)C2)c2cccnc12. The van der Waals surface area contributed by atoms with Crippen molar-refractivity contribution in [2.45, 2.75) is 50.9 Å². The van der Waals surface area contributed by atoms with Crippen molar-refractivity contribution in [3.05, 3.63) is 41.6 Å². The molecular formula is C24H29F2N3O. The van der Waals surface area contributed by atoms with Gasteiger partial charge in [-0.05, 0) is 36.8 Å². The van der Waals surface area contributed by atoms with Crippen molar-refractivity contribution in [1.82, 2.24) is 9.88 Å². The second kappa shape index (κ2) is 8.40. The van der Waals surface area contributed by atoms with E-state index in [9.17, 15) is 13.6 Å². The van der Waals surface area contributed by atoms with Crippen LogP contribution in [0.5, 0.6) is 0 Å². The Bertz CT molecular complexity index is 949. The number of rotatable bonds is 3. The van der Waals surface area contributed by atoms with Crippen LogP contribution in [0, 0.1) is 11.8 Å². The van der Waals surface area contributed by atoms with E-state index in [-0.39, 0.29) is 30.6 Å². The van der Waals surface area contributed by atoms with Crippen LogP contribution >= 0.6 is 0 Å². The molecule has 2 aliphatic rings. The van der Waals surface area contributed by atoms with Crippen LogP contribution < -0.4 is 0 Å². The van der Waals surface area contributed by atoms with E-state index >= 15 is 0 Å². The molecule has 2 fully saturated rings. The lowest BCUT2D eigenvalue weighted by Crippen LogP contribution is -2.46. The van der Waals surface area contributed by atoms with E-state index in [1.54, 1.807) is 13.2 Å². The summed E-state index contributed by atoms with van der Waals surface area (Å²) < 4.78 is 27.0. The first-order chi connectivity index (χ1) is 14.4. The Morgan fingerprint density at radius 1 is 1.23 bits per heavy atom. The third-order valence-corrected chi connectivity index (χ3v) is 6.58. The lowest BCUT2D eigenvalue weighted by molar-refractivity contribution is -0.141. The fourth-order valence-corrected chi connectivity index (χ4v) is 5.12. The highest BCUT2D eigenvalue weighted by atomic mass is 19.3. The Hall–Kier alpha value is -2.37. The first kappa shape index (κ1) is 20.9. The molecular weight excluding hydrogens is 384 g/mol.